The number of hydrogen-bond donors (Lipinski definition) is 1. The summed E-state index contributed by atoms with van der Waals surface area (Å²) in [4.78, 5) is 11.0. The van der Waals surface area contributed by atoms with Crippen molar-refractivity contribution in [3.63, 3.8) is 0 Å². The molecule has 0 aliphatic carbocycles. The Kier molecular flexibility index (Phi) is 4.46. The minimum absolute atomic E-state index is 0.299. The van der Waals surface area contributed by atoms with Gasteiger partial charge in [-0.3, -0.25) is 4.90 Å². The molecule has 2 aliphatic heterocycles. The van der Waals surface area contributed by atoms with Gasteiger partial charge < -0.3 is 9.72 Å². The van der Waals surface area contributed by atoms with E-state index in [1.165, 1.54) is 24.8 Å². The van der Waals surface area contributed by atoms with Gasteiger partial charge in [0.1, 0.15) is 5.82 Å². The van der Waals surface area contributed by atoms with Gasteiger partial charge >= 0.3 is 0 Å². The number of nitrogens with one attached hydrogen (secondary N) is 1. The molecule has 2 aromatic carbocycles. The Hall–Kier alpha value is -2.17. The summed E-state index contributed by atoms with van der Waals surface area (Å²) in [5, 5.41) is 0. The van der Waals surface area contributed by atoms with Crippen molar-refractivity contribution in [1.29, 1.82) is 0 Å². The van der Waals surface area contributed by atoms with Crippen LogP contribution in [0.2, 0.25) is 0 Å². The van der Waals surface area contributed by atoms with Gasteiger partial charge in [-0.2, -0.15) is 0 Å². The molecule has 2 bridgehead atoms. The fourth-order valence-corrected chi connectivity index (χ4v) is 5.34. The van der Waals surface area contributed by atoms with Gasteiger partial charge in [-0.25, -0.2) is 4.98 Å². The van der Waals surface area contributed by atoms with Crippen molar-refractivity contribution in [1.82, 2.24) is 14.9 Å². The number of hydrogen-bond acceptors (Lipinski definition) is 3. The highest BCUT2D eigenvalue weighted by Crippen LogP contribution is 2.42. The SMILES string of the molecule is CO[C@H]1C(Cc2ccccc2)CC2CCC1N2Cc1nc2ccccc2[nH]1. The predicted molar refractivity (Wildman–Crippen MR) is 107 cm³/mol. The number of ether oxygens (including phenoxy) is 1. The largest absolute Gasteiger partial charge is 0.380 e. The van der Waals surface area contributed by atoms with Crippen LogP contribution in [0.4, 0.5) is 0 Å². The van der Waals surface area contributed by atoms with Crippen LogP contribution in [0.5, 0.6) is 0 Å². The van der Waals surface area contributed by atoms with E-state index in [4.69, 9.17) is 9.72 Å². The van der Waals surface area contributed by atoms with Crippen molar-refractivity contribution in [3.05, 3.63) is 66.0 Å². The van der Waals surface area contributed by atoms with E-state index in [2.05, 4.69) is 58.4 Å². The molecule has 3 heterocycles. The number of nitrogens with zero attached hydrogens (tertiary/aromatic N) is 2. The van der Waals surface area contributed by atoms with Crippen LogP contribution in [0.1, 0.15) is 30.7 Å². The second kappa shape index (κ2) is 7.10. The van der Waals surface area contributed by atoms with E-state index in [0.717, 1.165) is 29.8 Å². The van der Waals surface area contributed by atoms with E-state index in [-0.39, 0.29) is 0 Å². The summed E-state index contributed by atoms with van der Waals surface area (Å²) in [5.41, 5.74) is 3.61. The van der Waals surface area contributed by atoms with Crippen molar-refractivity contribution < 1.29 is 4.74 Å². The lowest BCUT2D eigenvalue weighted by molar-refractivity contribution is -0.0573. The van der Waals surface area contributed by atoms with Gasteiger partial charge in [-0.05, 0) is 49.3 Å². The van der Waals surface area contributed by atoms with Gasteiger partial charge in [-0.1, -0.05) is 42.5 Å². The Labute approximate surface area is 160 Å². The van der Waals surface area contributed by atoms with Gasteiger partial charge in [-0.15, -0.1) is 0 Å². The first-order chi connectivity index (χ1) is 13.3. The third kappa shape index (κ3) is 3.17. The monoisotopic (exact) mass is 361 g/mol. The van der Waals surface area contributed by atoms with Gasteiger partial charge in [0, 0.05) is 19.2 Å². The molecule has 2 fully saturated rings. The van der Waals surface area contributed by atoms with Crippen molar-refractivity contribution in [2.75, 3.05) is 7.11 Å². The van der Waals surface area contributed by atoms with Crippen LogP contribution in [0.15, 0.2) is 54.6 Å². The molecule has 0 spiro atoms. The van der Waals surface area contributed by atoms with Gasteiger partial charge in [0.2, 0.25) is 0 Å². The number of H-pyrrole nitrogens is 1. The van der Waals surface area contributed by atoms with E-state index in [9.17, 15) is 0 Å². The molecule has 4 nitrogen and oxygen atoms in total. The van der Waals surface area contributed by atoms with E-state index in [1.807, 2.05) is 13.2 Å². The average molecular weight is 361 g/mol. The Morgan fingerprint density at radius 3 is 2.70 bits per heavy atom. The highest BCUT2D eigenvalue weighted by Gasteiger charge is 2.47. The first-order valence-electron chi connectivity index (χ1n) is 10.1. The molecule has 4 heteroatoms. The zero-order valence-electron chi connectivity index (χ0n) is 15.8. The van der Waals surface area contributed by atoms with Crippen molar-refractivity contribution in [2.24, 2.45) is 5.92 Å². The number of aromatic nitrogens is 2. The summed E-state index contributed by atoms with van der Waals surface area (Å²) in [6.45, 7) is 0.891. The third-order valence-corrected chi connectivity index (χ3v) is 6.49. The molecule has 0 radical (unpaired) electrons. The number of rotatable bonds is 5. The molecule has 1 N–H and O–H groups in total. The number of imidazole rings is 1. The number of piperidine rings is 1. The maximum absolute atomic E-state index is 6.06. The quantitative estimate of drug-likeness (QED) is 0.741. The molecular weight excluding hydrogens is 334 g/mol. The highest BCUT2D eigenvalue weighted by atomic mass is 16.5. The van der Waals surface area contributed by atoms with Crippen LogP contribution in [0.25, 0.3) is 11.0 Å². The topological polar surface area (TPSA) is 41.1 Å². The van der Waals surface area contributed by atoms with Crippen LogP contribution in [0.3, 0.4) is 0 Å². The molecule has 140 valence electrons. The lowest BCUT2D eigenvalue weighted by Gasteiger charge is -2.44. The van der Waals surface area contributed by atoms with Crippen LogP contribution < -0.4 is 0 Å². The standard InChI is InChI=1S/C23H27N3O/c1-27-23-17(13-16-7-3-2-4-8-16)14-18-11-12-21(23)26(18)15-22-24-19-9-5-6-10-20(19)25-22/h2-10,17-18,21,23H,11-15H2,1H3,(H,24,25)/t17?,18?,21?,23-/m0/s1. The number of para-hydroxylation sites is 2. The minimum Gasteiger partial charge on any atom is -0.380 e. The molecule has 2 aliphatic rings. The molecule has 5 rings (SSSR count). The van der Waals surface area contributed by atoms with Crippen molar-refractivity contribution >= 4 is 11.0 Å². The second-order valence-corrected chi connectivity index (χ2v) is 8.06. The summed E-state index contributed by atoms with van der Waals surface area (Å²) in [6, 6.07) is 20.3. The van der Waals surface area contributed by atoms with Crippen LogP contribution in [0, 0.1) is 5.92 Å². The number of aromatic amines is 1. The number of fused-ring (bicyclic) bond motifs is 3. The second-order valence-electron chi connectivity index (χ2n) is 8.06. The summed E-state index contributed by atoms with van der Waals surface area (Å²) >= 11 is 0. The van der Waals surface area contributed by atoms with Crippen LogP contribution in [-0.2, 0) is 17.7 Å². The summed E-state index contributed by atoms with van der Waals surface area (Å²) in [5.74, 6) is 1.67. The first-order valence-corrected chi connectivity index (χ1v) is 10.1. The maximum Gasteiger partial charge on any atom is 0.121 e. The lowest BCUT2D eigenvalue weighted by atomic mass is 9.83. The predicted octanol–water partition coefficient (Wildman–Crippen LogP) is 4.17. The minimum atomic E-state index is 0.299. The van der Waals surface area contributed by atoms with Crippen molar-refractivity contribution in [3.8, 4) is 0 Å². The van der Waals surface area contributed by atoms with Gasteiger partial charge in [0.15, 0.2) is 0 Å². The average Bonchev–Trinajstić information content (AvgIpc) is 3.22. The Balaban J connectivity index is 1.35. The van der Waals surface area contributed by atoms with Crippen LogP contribution in [-0.4, -0.2) is 40.2 Å². The maximum atomic E-state index is 6.06. The Morgan fingerprint density at radius 1 is 1.07 bits per heavy atom. The number of methoxy groups -OCH3 is 1. The van der Waals surface area contributed by atoms with Gasteiger partial charge in [0.25, 0.3) is 0 Å². The zero-order chi connectivity index (χ0) is 18.2. The first kappa shape index (κ1) is 17.0. The van der Waals surface area contributed by atoms with E-state index in [0.29, 0.717) is 24.1 Å². The summed E-state index contributed by atoms with van der Waals surface area (Å²) in [7, 11) is 1.89. The van der Waals surface area contributed by atoms with E-state index < -0.39 is 0 Å². The Morgan fingerprint density at radius 2 is 1.89 bits per heavy atom. The molecule has 3 unspecified atom stereocenters. The molecule has 1 aromatic heterocycles. The summed E-state index contributed by atoms with van der Waals surface area (Å²) in [6.07, 6.45) is 5.13. The Bertz CT molecular complexity index is 873. The molecule has 3 aromatic rings. The molecule has 0 amide bonds. The molecule has 4 atom stereocenters. The van der Waals surface area contributed by atoms with Crippen LogP contribution >= 0.6 is 0 Å². The van der Waals surface area contributed by atoms with Crippen molar-refractivity contribution in [2.45, 2.75) is 50.4 Å². The number of benzene rings is 2. The molecule has 27 heavy (non-hydrogen) atoms. The van der Waals surface area contributed by atoms with E-state index in [1.54, 1.807) is 0 Å². The lowest BCUT2D eigenvalue weighted by Crippen LogP contribution is -2.52. The zero-order valence-corrected chi connectivity index (χ0v) is 15.8. The van der Waals surface area contributed by atoms with E-state index >= 15 is 0 Å². The normalized spacial score (nSPS) is 28.0. The molecular formula is C23H27N3O. The molecule has 0 saturated carbocycles. The fourth-order valence-electron chi connectivity index (χ4n) is 5.34. The highest BCUT2D eigenvalue weighted by molar-refractivity contribution is 5.74. The third-order valence-electron chi connectivity index (χ3n) is 6.49. The smallest absolute Gasteiger partial charge is 0.121 e. The fraction of sp³-hybridized carbons (Fsp3) is 0.435. The van der Waals surface area contributed by atoms with Gasteiger partial charge in [0.05, 0.1) is 23.7 Å². The molecule has 2 saturated heterocycles. The summed E-state index contributed by atoms with van der Waals surface area (Å²) < 4.78 is 6.06.